The molecule has 0 saturated carbocycles. The Kier molecular flexibility index (Phi) is 4.65. The summed E-state index contributed by atoms with van der Waals surface area (Å²) in [4.78, 5) is 26.7. The van der Waals surface area contributed by atoms with Crippen molar-refractivity contribution >= 4 is 11.8 Å². The van der Waals surface area contributed by atoms with E-state index in [2.05, 4.69) is 5.32 Å². The van der Waals surface area contributed by atoms with Gasteiger partial charge in [-0.05, 0) is 43.0 Å². The number of hydrogen-bond donors (Lipinski definition) is 1. The Labute approximate surface area is 152 Å². The predicted octanol–water partition coefficient (Wildman–Crippen LogP) is 2.25. The van der Waals surface area contributed by atoms with Crippen molar-refractivity contribution in [2.24, 2.45) is 5.92 Å². The second-order valence-electron chi connectivity index (χ2n) is 6.87. The molecular weight excluding hydrogens is 332 g/mol. The van der Waals surface area contributed by atoms with Gasteiger partial charge < -0.3 is 19.4 Å². The average molecular weight is 354 g/mol. The molecule has 1 aromatic heterocycles. The van der Waals surface area contributed by atoms with Crippen LogP contribution in [-0.2, 0) is 11.2 Å². The van der Waals surface area contributed by atoms with Gasteiger partial charge in [-0.2, -0.15) is 0 Å². The molecule has 0 radical (unpaired) electrons. The van der Waals surface area contributed by atoms with Crippen molar-refractivity contribution in [3.63, 3.8) is 0 Å². The third kappa shape index (κ3) is 3.45. The second-order valence-corrected chi connectivity index (χ2v) is 6.87. The molecule has 0 aliphatic carbocycles. The van der Waals surface area contributed by atoms with E-state index < -0.39 is 0 Å². The molecule has 26 heavy (non-hydrogen) atoms. The average Bonchev–Trinajstić information content (AvgIpc) is 3.22. The maximum Gasteiger partial charge on any atom is 0.289 e. The molecule has 2 aliphatic heterocycles. The summed E-state index contributed by atoms with van der Waals surface area (Å²) in [5, 5.41) is 3.13. The van der Waals surface area contributed by atoms with Gasteiger partial charge in [0, 0.05) is 19.1 Å². The molecule has 1 fully saturated rings. The lowest BCUT2D eigenvalue weighted by atomic mass is 9.95. The van der Waals surface area contributed by atoms with Gasteiger partial charge in [0.1, 0.15) is 12.4 Å². The summed E-state index contributed by atoms with van der Waals surface area (Å²) in [5.74, 6) is 1.03. The standard InChI is InChI=1S/C20H22N2O4/c23-19(15-12-14-4-1-2-5-17(14)26-13-15)21-16-7-9-22(10-8-16)20(24)18-6-3-11-25-18/h1-6,11,15-16H,7-10,12-13H2,(H,21,23). The summed E-state index contributed by atoms with van der Waals surface area (Å²) in [7, 11) is 0. The number of nitrogens with one attached hydrogen (secondary N) is 1. The number of ether oxygens (including phenoxy) is 1. The maximum atomic E-state index is 12.6. The van der Waals surface area contributed by atoms with Crippen molar-refractivity contribution in [3.8, 4) is 5.75 Å². The van der Waals surface area contributed by atoms with Crippen molar-refractivity contribution < 1.29 is 18.7 Å². The molecule has 1 unspecified atom stereocenters. The summed E-state index contributed by atoms with van der Waals surface area (Å²) in [6.07, 6.45) is 3.72. The van der Waals surface area contributed by atoms with E-state index in [4.69, 9.17) is 9.15 Å². The van der Waals surface area contributed by atoms with Crippen molar-refractivity contribution in [1.29, 1.82) is 0 Å². The number of likely N-dealkylation sites (tertiary alicyclic amines) is 1. The molecule has 0 spiro atoms. The van der Waals surface area contributed by atoms with Crippen LogP contribution in [0.3, 0.4) is 0 Å². The lowest BCUT2D eigenvalue weighted by Crippen LogP contribution is -2.49. The van der Waals surface area contributed by atoms with Crippen LogP contribution in [0.25, 0.3) is 0 Å². The first-order chi connectivity index (χ1) is 12.7. The first kappa shape index (κ1) is 16.7. The van der Waals surface area contributed by atoms with Crippen molar-refractivity contribution in [2.75, 3.05) is 19.7 Å². The summed E-state index contributed by atoms with van der Waals surface area (Å²) < 4.78 is 10.9. The molecule has 1 atom stereocenters. The van der Waals surface area contributed by atoms with Crippen LogP contribution in [0, 0.1) is 5.92 Å². The SMILES string of the molecule is O=C(NC1CCN(C(=O)c2ccco2)CC1)C1COc2ccccc2C1. The van der Waals surface area contributed by atoms with Gasteiger partial charge in [-0.25, -0.2) is 0 Å². The number of piperidine rings is 1. The molecule has 2 aromatic rings. The molecule has 6 nitrogen and oxygen atoms in total. The fourth-order valence-electron chi connectivity index (χ4n) is 3.60. The number of fused-ring (bicyclic) bond motifs is 1. The monoisotopic (exact) mass is 354 g/mol. The number of carbonyl (C=O) groups is 2. The van der Waals surface area contributed by atoms with Gasteiger partial charge >= 0.3 is 0 Å². The number of furan rings is 1. The Morgan fingerprint density at radius 2 is 1.88 bits per heavy atom. The van der Waals surface area contributed by atoms with E-state index in [0.717, 1.165) is 24.2 Å². The van der Waals surface area contributed by atoms with E-state index in [9.17, 15) is 9.59 Å². The molecule has 4 rings (SSSR count). The van der Waals surface area contributed by atoms with Crippen LogP contribution >= 0.6 is 0 Å². The third-order valence-corrected chi connectivity index (χ3v) is 5.11. The molecule has 1 N–H and O–H groups in total. The topological polar surface area (TPSA) is 71.8 Å². The van der Waals surface area contributed by atoms with Gasteiger partial charge in [-0.15, -0.1) is 0 Å². The zero-order valence-corrected chi connectivity index (χ0v) is 14.5. The molecule has 2 aliphatic rings. The maximum absolute atomic E-state index is 12.6. The van der Waals surface area contributed by atoms with Crippen LogP contribution in [0.2, 0.25) is 0 Å². The van der Waals surface area contributed by atoms with Crippen molar-refractivity contribution in [1.82, 2.24) is 10.2 Å². The van der Waals surface area contributed by atoms with E-state index in [1.807, 2.05) is 24.3 Å². The first-order valence-corrected chi connectivity index (χ1v) is 9.04. The largest absolute Gasteiger partial charge is 0.492 e. The van der Waals surface area contributed by atoms with Crippen LogP contribution in [0.5, 0.6) is 5.75 Å². The highest BCUT2D eigenvalue weighted by Gasteiger charge is 2.30. The smallest absolute Gasteiger partial charge is 0.289 e. The molecule has 1 saturated heterocycles. The molecule has 136 valence electrons. The van der Waals surface area contributed by atoms with Gasteiger partial charge in [-0.1, -0.05) is 18.2 Å². The zero-order chi connectivity index (χ0) is 17.9. The molecule has 0 bridgehead atoms. The van der Waals surface area contributed by atoms with Crippen LogP contribution in [0.15, 0.2) is 47.1 Å². The summed E-state index contributed by atoms with van der Waals surface area (Å²) in [6, 6.07) is 11.3. The lowest BCUT2D eigenvalue weighted by molar-refractivity contribution is -0.127. The third-order valence-electron chi connectivity index (χ3n) is 5.11. The molecule has 1 aromatic carbocycles. The van der Waals surface area contributed by atoms with E-state index in [1.165, 1.54) is 6.26 Å². The molecule has 3 heterocycles. The summed E-state index contributed by atoms with van der Waals surface area (Å²) in [5.41, 5.74) is 1.08. The summed E-state index contributed by atoms with van der Waals surface area (Å²) in [6.45, 7) is 1.65. The zero-order valence-electron chi connectivity index (χ0n) is 14.5. The number of benzene rings is 1. The number of rotatable bonds is 3. The van der Waals surface area contributed by atoms with Crippen molar-refractivity contribution in [3.05, 3.63) is 54.0 Å². The lowest BCUT2D eigenvalue weighted by Gasteiger charge is -2.33. The fraction of sp³-hybridized carbons (Fsp3) is 0.400. The fourth-order valence-corrected chi connectivity index (χ4v) is 3.60. The Hall–Kier alpha value is -2.76. The van der Waals surface area contributed by atoms with Crippen LogP contribution in [-0.4, -0.2) is 42.5 Å². The Balaban J connectivity index is 1.28. The minimum atomic E-state index is -0.160. The minimum absolute atomic E-state index is 0.0373. The number of para-hydroxylation sites is 1. The van der Waals surface area contributed by atoms with E-state index in [0.29, 0.717) is 31.9 Å². The summed E-state index contributed by atoms with van der Waals surface area (Å²) >= 11 is 0. The van der Waals surface area contributed by atoms with Gasteiger partial charge in [-0.3, -0.25) is 9.59 Å². The quantitative estimate of drug-likeness (QED) is 0.918. The Bertz CT molecular complexity index is 779. The normalized spacial score (nSPS) is 20.2. The van der Waals surface area contributed by atoms with Gasteiger partial charge in [0.05, 0.1) is 12.2 Å². The number of nitrogens with zero attached hydrogens (tertiary/aromatic N) is 1. The Morgan fingerprint density at radius 1 is 1.08 bits per heavy atom. The highest BCUT2D eigenvalue weighted by molar-refractivity contribution is 5.91. The molecule has 2 amide bonds. The van der Waals surface area contributed by atoms with Crippen LogP contribution in [0.4, 0.5) is 0 Å². The minimum Gasteiger partial charge on any atom is -0.492 e. The van der Waals surface area contributed by atoms with E-state index in [-0.39, 0.29) is 23.8 Å². The Morgan fingerprint density at radius 3 is 2.65 bits per heavy atom. The van der Waals surface area contributed by atoms with E-state index >= 15 is 0 Å². The predicted molar refractivity (Wildman–Crippen MR) is 94.9 cm³/mol. The highest BCUT2D eigenvalue weighted by atomic mass is 16.5. The van der Waals surface area contributed by atoms with Gasteiger partial charge in [0.25, 0.3) is 5.91 Å². The van der Waals surface area contributed by atoms with Crippen LogP contribution < -0.4 is 10.1 Å². The number of hydrogen-bond acceptors (Lipinski definition) is 4. The van der Waals surface area contributed by atoms with Gasteiger partial charge in [0.2, 0.25) is 5.91 Å². The molecule has 6 heteroatoms. The molecular formula is C20H22N2O4. The van der Waals surface area contributed by atoms with Crippen LogP contribution in [0.1, 0.15) is 29.0 Å². The van der Waals surface area contributed by atoms with Gasteiger partial charge in [0.15, 0.2) is 5.76 Å². The number of carbonyl (C=O) groups excluding carboxylic acids is 2. The van der Waals surface area contributed by atoms with E-state index in [1.54, 1.807) is 17.0 Å². The first-order valence-electron chi connectivity index (χ1n) is 9.04. The van der Waals surface area contributed by atoms with Crippen molar-refractivity contribution in [2.45, 2.75) is 25.3 Å². The number of amides is 2. The second kappa shape index (κ2) is 7.23. The highest BCUT2D eigenvalue weighted by Crippen LogP contribution is 2.27.